The monoisotopic (exact) mass is 464 g/mol. The fourth-order valence-electron chi connectivity index (χ4n) is 3.47. The van der Waals surface area contributed by atoms with Gasteiger partial charge in [0, 0.05) is 25.2 Å². The molecule has 2 heterocycles. The van der Waals surface area contributed by atoms with Crippen LogP contribution in [-0.4, -0.2) is 48.3 Å². The number of rotatable bonds is 7. The van der Waals surface area contributed by atoms with E-state index in [0.717, 1.165) is 48.6 Å². The molecule has 0 unspecified atom stereocenters. The molecule has 0 aliphatic carbocycles. The Labute approximate surface area is 184 Å². The van der Waals surface area contributed by atoms with Gasteiger partial charge >= 0.3 is 0 Å². The standard InChI is InChI=1S/C20H24N4O7S/c1-31-18-8-7-16(32(29,30)23-10-4-2-3-5-11-23)12-17(18)21-19(25)14-22-13-15(24(27)28)6-9-20(22)26/h6-9,12-13H,2-5,10-11,14H2,1H3,(H,21,25). The van der Waals surface area contributed by atoms with E-state index in [1.54, 1.807) is 0 Å². The molecule has 0 atom stereocenters. The summed E-state index contributed by atoms with van der Waals surface area (Å²) in [6.07, 6.45) is 4.51. The molecule has 1 aliphatic heterocycles. The quantitative estimate of drug-likeness (QED) is 0.488. The predicted octanol–water partition coefficient (Wildman–Crippen LogP) is 1.97. The van der Waals surface area contributed by atoms with E-state index >= 15 is 0 Å². The van der Waals surface area contributed by atoms with E-state index in [2.05, 4.69) is 5.32 Å². The molecule has 32 heavy (non-hydrogen) atoms. The number of ether oxygens (including phenoxy) is 1. The molecule has 0 spiro atoms. The minimum Gasteiger partial charge on any atom is -0.495 e. The number of sulfonamides is 1. The molecule has 1 aromatic carbocycles. The van der Waals surface area contributed by atoms with Crippen LogP contribution in [0.4, 0.5) is 11.4 Å². The molecule has 172 valence electrons. The lowest BCUT2D eigenvalue weighted by molar-refractivity contribution is -0.385. The number of nitro groups is 1. The Balaban J connectivity index is 1.85. The first-order valence-corrected chi connectivity index (χ1v) is 11.5. The second-order valence-corrected chi connectivity index (χ2v) is 9.28. The number of anilines is 1. The molecule has 1 amide bonds. The van der Waals surface area contributed by atoms with E-state index in [-0.39, 0.29) is 22.0 Å². The highest BCUT2D eigenvalue weighted by molar-refractivity contribution is 7.89. The molecular formula is C20H24N4O7S. The maximum Gasteiger partial charge on any atom is 0.285 e. The summed E-state index contributed by atoms with van der Waals surface area (Å²) in [7, 11) is -2.38. The first kappa shape index (κ1) is 23.4. The molecule has 0 radical (unpaired) electrons. The summed E-state index contributed by atoms with van der Waals surface area (Å²) in [4.78, 5) is 34.7. The highest BCUT2D eigenvalue weighted by Gasteiger charge is 2.26. The average Bonchev–Trinajstić information content (AvgIpc) is 3.05. The van der Waals surface area contributed by atoms with Crippen molar-refractivity contribution in [3.05, 3.63) is 57.0 Å². The number of hydrogen-bond donors (Lipinski definition) is 1. The molecular weight excluding hydrogens is 440 g/mol. The Morgan fingerprint density at radius 1 is 1.16 bits per heavy atom. The first-order chi connectivity index (χ1) is 15.2. The number of hydrogen-bond acceptors (Lipinski definition) is 7. The van der Waals surface area contributed by atoms with Gasteiger partial charge in [0.2, 0.25) is 15.9 Å². The van der Waals surface area contributed by atoms with Gasteiger partial charge in [0.25, 0.3) is 11.2 Å². The van der Waals surface area contributed by atoms with E-state index in [4.69, 9.17) is 4.74 Å². The number of benzene rings is 1. The van der Waals surface area contributed by atoms with Crippen molar-refractivity contribution in [2.75, 3.05) is 25.5 Å². The number of amides is 1. The molecule has 1 fully saturated rings. The van der Waals surface area contributed by atoms with Crippen molar-refractivity contribution < 1.29 is 22.9 Å². The van der Waals surface area contributed by atoms with Crippen LogP contribution < -0.4 is 15.6 Å². The molecule has 0 saturated carbocycles. The fraction of sp³-hybridized carbons (Fsp3) is 0.400. The van der Waals surface area contributed by atoms with Gasteiger partial charge in [-0.1, -0.05) is 12.8 Å². The zero-order valence-corrected chi connectivity index (χ0v) is 18.3. The Bertz CT molecular complexity index is 1170. The second kappa shape index (κ2) is 9.92. The van der Waals surface area contributed by atoms with Gasteiger partial charge in [0.1, 0.15) is 12.3 Å². The SMILES string of the molecule is COc1ccc(S(=O)(=O)N2CCCCCC2)cc1NC(=O)Cn1cc([N+](=O)[O-])ccc1=O. The summed E-state index contributed by atoms with van der Waals surface area (Å²) in [6.45, 7) is 0.379. The number of nitrogens with one attached hydrogen (secondary N) is 1. The molecule has 1 N–H and O–H groups in total. The lowest BCUT2D eigenvalue weighted by atomic mass is 10.2. The summed E-state index contributed by atoms with van der Waals surface area (Å²) in [5, 5.41) is 13.5. The Morgan fingerprint density at radius 3 is 2.47 bits per heavy atom. The topological polar surface area (TPSA) is 141 Å². The number of methoxy groups -OCH3 is 1. The molecule has 12 heteroatoms. The van der Waals surface area contributed by atoms with E-state index < -0.39 is 33.0 Å². The third-order valence-electron chi connectivity index (χ3n) is 5.14. The van der Waals surface area contributed by atoms with Gasteiger partial charge in [-0.25, -0.2) is 8.42 Å². The maximum absolute atomic E-state index is 13.1. The van der Waals surface area contributed by atoms with E-state index in [1.165, 1.54) is 29.6 Å². The summed E-state index contributed by atoms with van der Waals surface area (Å²) >= 11 is 0. The minimum atomic E-state index is -3.75. The summed E-state index contributed by atoms with van der Waals surface area (Å²) in [5.41, 5.74) is -0.803. The lowest BCUT2D eigenvalue weighted by Gasteiger charge is -2.21. The minimum absolute atomic E-state index is 0.0167. The van der Waals surface area contributed by atoms with Crippen molar-refractivity contribution in [2.45, 2.75) is 37.1 Å². The average molecular weight is 465 g/mol. The smallest absolute Gasteiger partial charge is 0.285 e. The van der Waals surface area contributed by atoms with Crippen molar-refractivity contribution in [3.8, 4) is 5.75 Å². The van der Waals surface area contributed by atoms with Crippen LogP contribution in [0.15, 0.2) is 46.2 Å². The largest absolute Gasteiger partial charge is 0.495 e. The van der Waals surface area contributed by atoms with Crippen LogP contribution in [0.5, 0.6) is 5.75 Å². The maximum atomic E-state index is 13.1. The van der Waals surface area contributed by atoms with Crippen LogP contribution in [0.25, 0.3) is 0 Å². The highest BCUT2D eigenvalue weighted by atomic mass is 32.2. The zero-order valence-electron chi connectivity index (χ0n) is 17.5. The third kappa shape index (κ3) is 5.32. The van der Waals surface area contributed by atoms with Crippen LogP contribution in [0.1, 0.15) is 25.7 Å². The van der Waals surface area contributed by atoms with Gasteiger partial charge < -0.3 is 10.1 Å². The molecule has 1 aromatic heterocycles. The molecule has 1 aliphatic rings. The lowest BCUT2D eigenvalue weighted by Crippen LogP contribution is -2.32. The summed E-state index contributed by atoms with van der Waals surface area (Å²) in [5.74, 6) is -0.435. The molecule has 0 bridgehead atoms. The summed E-state index contributed by atoms with van der Waals surface area (Å²) in [6, 6.07) is 6.23. The van der Waals surface area contributed by atoms with Crippen LogP contribution in [-0.2, 0) is 21.4 Å². The zero-order chi connectivity index (χ0) is 23.3. The molecule has 3 rings (SSSR count). The number of aromatic nitrogens is 1. The fourth-order valence-corrected chi connectivity index (χ4v) is 5.01. The Hall–Kier alpha value is -3.25. The van der Waals surface area contributed by atoms with E-state index in [0.29, 0.717) is 13.1 Å². The second-order valence-electron chi connectivity index (χ2n) is 7.34. The van der Waals surface area contributed by atoms with Gasteiger partial charge in [0.15, 0.2) is 0 Å². The first-order valence-electron chi connectivity index (χ1n) is 10.1. The molecule has 2 aromatic rings. The number of carbonyl (C=O) groups excluding carboxylic acids is 1. The van der Waals surface area contributed by atoms with Gasteiger partial charge in [-0.05, 0) is 31.0 Å². The van der Waals surface area contributed by atoms with E-state index in [1.807, 2.05) is 0 Å². The van der Waals surface area contributed by atoms with Gasteiger partial charge in [0.05, 0.1) is 28.8 Å². The van der Waals surface area contributed by atoms with Gasteiger partial charge in [-0.2, -0.15) is 4.31 Å². The summed E-state index contributed by atoms with van der Waals surface area (Å²) < 4.78 is 33.7. The van der Waals surface area contributed by atoms with Gasteiger partial charge in [-0.3, -0.25) is 24.3 Å². The Kier molecular flexibility index (Phi) is 7.26. The molecule has 1 saturated heterocycles. The number of nitrogens with zero attached hydrogens (tertiary/aromatic N) is 3. The van der Waals surface area contributed by atoms with Crippen LogP contribution in [0.2, 0.25) is 0 Å². The predicted molar refractivity (Wildman–Crippen MR) is 116 cm³/mol. The van der Waals surface area contributed by atoms with Crippen LogP contribution in [0.3, 0.4) is 0 Å². The van der Waals surface area contributed by atoms with Crippen LogP contribution >= 0.6 is 0 Å². The van der Waals surface area contributed by atoms with Crippen molar-refractivity contribution in [2.24, 2.45) is 0 Å². The van der Waals surface area contributed by atoms with Crippen molar-refractivity contribution in [1.29, 1.82) is 0 Å². The third-order valence-corrected chi connectivity index (χ3v) is 7.04. The van der Waals surface area contributed by atoms with Crippen LogP contribution in [0, 0.1) is 10.1 Å². The highest BCUT2D eigenvalue weighted by Crippen LogP contribution is 2.30. The van der Waals surface area contributed by atoms with Crippen molar-refractivity contribution in [3.63, 3.8) is 0 Å². The number of carbonyl (C=O) groups is 1. The normalized spacial score (nSPS) is 15.0. The van der Waals surface area contributed by atoms with Gasteiger partial charge in [-0.15, -0.1) is 0 Å². The van der Waals surface area contributed by atoms with E-state index in [9.17, 15) is 28.1 Å². The molecule has 11 nitrogen and oxygen atoms in total. The van der Waals surface area contributed by atoms with Crippen molar-refractivity contribution >= 4 is 27.3 Å². The Morgan fingerprint density at radius 2 is 1.84 bits per heavy atom. The van der Waals surface area contributed by atoms with Crippen molar-refractivity contribution in [1.82, 2.24) is 8.87 Å². The number of pyridine rings is 1.